The van der Waals surface area contributed by atoms with Crippen LogP contribution in [0.25, 0.3) is 5.65 Å². The molecule has 0 spiro atoms. The van der Waals surface area contributed by atoms with Gasteiger partial charge in [-0.05, 0) is 33.7 Å². The number of tetrazole rings is 1. The first-order valence-electron chi connectivity index (χ1n) is 7.97. The topological polar surface area (TPSA) is 98.1 Å². The first-order chi connectivity index (χ1) is 12.3. The van der Waals surface area contributed by atoms with Gasteiger partial charge in [0.1, 0.15) is 6.04 Å². The van der Waals surface area contributed by atoms with Crippen LogP contribution >= 0.6 is 0 Å². The summed E-state index contributed by atoms with van der Waals surface area (Å²) >= 11 is 0. The van der Waals surface area contributed by atoms with Gasteiger partial charge in [0.25, 0.3) is 0 Å². The van der Waals surface area contributed by atoms with E-state index in [4.69, 9.17) is 4.42 Å². The molecule has 1 aliphatic heterocycles. The predicted molar refractivity (Wildman–Crippen MR) is 86.7 cm³/mol. The molecule has 1 unspecified atom stereocenters. The molecule has 0 bridgehead atoms. The average Bonchev–Trinajstić information content (AvgIpc) is 3.28. The summed E-state index contributed by atoms with van der Waals surface area (Å²) in [4.78, 5) is 2.15. The first-order valence-corrected chi connectivity index (χ1v) is 7.97. The van der Waals surface area contributed by atoms with Crippen molar-refractivity contribution < 1.29 is 4.42 Å². The Morgan fingerprint density at radius 3 is 2.76 bits per heavy atom. The molecule has 0 saturated heterocycles. The minimum atomic E-state index is -0.0856. The van der Waals surface area contributed by atoms with Gasteiger partial charge in [-0.3, -0.25) is 0 Å². The minimum absolute atomic E-state index is 0.0856. The Morgan fingerprint density at radius 1 is 1.04 bits per heavy atom. The number of aryl methyl sites for hydroxylation is 1. The molecule has 4 heterocycles. The molecule has 0 radical (unpaired) electrons. The van der Waals surface area contributed by atoms with Gasteiger partial charge in [0, 0.05) is 19.9 Å². The standard InChI is InChI=1S/C16H14N8O/c1-10-17-19-16(25-10)13-8-11-4-2-3-5-12(11)9-23(13)15-7-6-14-18-21-22-24(14)20-15/h2-7,13H,8-9H2,1H3. The van der Waals surface area contributed by atoms with E-state index in [0.29, 0.717) is 24.0 Å². The van der Waals surface area contributed by atoms with Gasteiger partial charge in [-0.25, -0.2) is 0 Å². The summed E-state index contributed by atoms with van der Waals surface area (Å²) < 4.78 is 7.15. The first kappa shape index (κ1) is 14.0. The zero-order valence-corrected chi connectivity index (χ0v) is 13.4. The van der Waals surface area contributed by atoms with Gasteiger partial charge in [0.05, 0.1) is 0 Å². The Hall–Kier alpha value is -3.36. The lowest BCUT2D eigenvalue weighted by Crippen LogP contribution is -2.35. The number of rotatable bonds is 2. The molecule has 0 N–H and O–H groups in total. The summed E-state index contributed by atoms with van der Waals surface area (Å²) in [7, 11) is 0. The molecule has 1 aliphatic rings. The minimum Gasteiger partial charge on any atom is -0.423 e. The number of aromatic nitrogens is 7. The molecule has 4 aromatic rings. The maximum absolute atomic E-state index is 5.72. The lowest BCUT2D eigenvalue weighted by atomic mass is 9.94. The number of hydrogen-bond donors (Lipinski definition) is 0. The third-order valence-electron chi connectivity index (χ3n) is 4.43. The summed E-state index contributed by atoms with van der Waals surface area (Å²) in [5.41, 5.74) is 3.14. The zero-order valence-electron chi connectivity index (χ0n) is 13.4. The van der Waals surface area contributed by atoms with Crippen LogP contribution in [0.5, 0.6) is 0 Å². The van der Waals surface area contributed by atoms with Crippen molar-refractivity contribution in [1.29, 1.82) is 0 Å². The lowest BCUT2D eigenvalue weighted by molar-refractivity contribution is 0.402. The second kappa shape index (κ2) is 5.33. The van der Waals surface area contributed by atoms with E-state index < -0.39 is 0 Å². The zero-order chi connectivity index (χ0) is 16.8. The van der Waals surface area contributed by atoms with Gasteiger partial charge >= 0.3 is 0 Å². The van der Waals surface area contributed by atoms with Crippen molar-refractivity contribution >= 4 is 11.5 Å². The van der Waals surface area contributed by atoms with Crippen LogP contribution in [0.3, 0.4) is 0 Å². The molecule has 124 valence electrons. The second-order valence-corrected chi connectivity index (χ2v) is 5.99. The predicted octanol–water partition coefficient (Wildman–Crippen LogP) is 1.51. The normalized spacial score (nSPS) is 17.0. The highest BCUT2D eigenvalue weighted by molar-refractivity contribution is 5.49. The highest BCUT2D eigenvalue weighted by atomic mass is 16.4. The van der Waals surface area contributed by atoms with Crippen molar-refractivity contribution in [3.8, 4) is 0 Å². The molecule has 1 aromatic carbocycles. The number of hydrogen-bond acceptors (Lipinski definition) is 8. The van der Waals surface area contributed by atoms with Gasteiger partial charge in [-0.15, -0.1) is 25.0 Å². The summed E-state index contributed by atoms with van der Waals surface area (Å²) in [6, 6.07) is 12.0. The quantitative estimate of drug-likeness (QED) is 0.544. The third-order valence-corrected chi connectivity index (χ3v) is 4.43. The maximum Gasteiger partial charge on any atom is 0.239 e. The third kappa shape index (κ3) is 2.32. The van der Waals surface area contributed by atoms with Crippen LogP contribution in [0.1, 0.15) is 29.0 Å². The smallest absolute Gasteiger partial charge is 0.239 e. The van der Waals surface area contributed by atoms with Gasteiger partial charge in [-0.1, -0.05) is 24.3 Å². The molecule has 3 aromatic heterocycles. The highest BCUT2D eigenvalue weighted by Gasteiger charge is 2.32. The Bertz CT molecular complexity index is 1050. The molecule has 1 atom stereocenters. The maximum atomic E-state index is 5.72. The lowest BCUT2D eigenvalue weighted by Gasteiger charge is -2.35. The molecular weight excluding hydrogens is 320 g/mol. The molecule has 0 fully saturated rings. The van der Waals surface area contributed by atoms with E-state index >= 15 is 0 Å². The second-order valence-electron chi connectivity index (χ2n) is 5.99. The Kier molecular flexibility index (Phi) is 2.99. The Balaban J connectivity index is 1.62. The largest absolute Gasteiger partial charge is 0.423 e. The van der Waals surface area contributed by atoms with Crippen LogP contribution < -0.4 is 4.90 Å². The van der Waals surface area contributed by atoms with Gasteiger partial charge in [0.2, 0.25) is 11.8 Å². The number of nitrogens with zero attached hydrogens (tertiary/aromatic N) is 8. The van der Waals surface area contributed by atoms with Crippen molar-refractivity contribution in [2.45, 2.75) is 25.9 Å². The fourth-order valence-corrected chi connectivity index (χ4v) is 3.22. The summed E-state index contributed by atoms with van der Waals surface area (Å²) in [6.07, 6.45) is 0.771. The molecular formula is C16H14N8O. The molecule has 5 rings (SSSR count). The van der Waals surface area contributed by atoms with Gasteiger partial charge in [0.15, 0.2) is 11.5 Å². The van der Waals surface area contributed by atoms with Crippen molar-refractivity contribution in [2.24, 2.45) is 0 Å². The summed E-state index contributed by atoms with van der Waals surface area (Å²) in [5.74, 6) is 1.90. The van der Waals surface area contributed by atoms with Gasteiger partial charge in [-0.2, -0.15) is 0 Å². The van der Waals surface area contributed by atoms with Crippen LogP contribution in [0.15, 0.2) is 40.8 Å². The summed E-state index contributed by atoms with van der Waals surface area (Å²) in [6.45, 7) is 2.49. The molecule has 9 heteroatoms. The molecule has 25 heavy (non-hydrogen) atoms. The van der Waals surface area contributed by atoms with E-state index in [1.54, 1.807) is 6.92 Å². The van der Waals surface area contributed by atoms with Crippen molar-refractivity contribution in [2.75, 3.05) is 4.90 Å². The number of fused-ring (bicyclic) bond motifs is 2. The Labute approximate surface area is 142 Å². The molecule has 0 saturated carbocycles. The van der Waals surface area contributed by atoms with Crippen molar-refractivity contribution in [3.05, 3.63) is 59.3 Å². The average molecular weight is 334 g/mol. The van der Waals surface area contributed by atoms with Crippen LogP contribution in [0.4, 0.5) is 5.82 Å². The fraction of sp³-hybridized carbons (Fsp3) is 0.250. The monoisotopic (exact) mass is 334 g/mol. The molecule has 9 nitrogen and oxygen atoms in total. The van der Waals surface area contributed by atoms with E-state index in [9.17, 15) is 0 Å². The van der Waals surface area contributed by atoms with E-state index in [0.717, 1.165) is 12.2 Å². The Morgan fingerprint density at radius 2 is 1.92 bits per heavy atom. The highest BCUT2D eigenvalue weighted by Crippen LogP contribution is 2.35. The fourth-order valence-electron chi connectivity index (χ4n) is 3.22. The van der Waals surface area contributed by atoms with Crippen molar-refractivity contribution in [3.63, 3.8) is 0 Å². The van der Waals surface area contributed by atoms with Crippen molar-refractivity contribution in [1.82, 2.24) is 35.5 Å². The number of benzene rings is 1. The van der Waals surface area contributed by atoms with Gasteiger partial charge < -0.3 is 9.32 Å². The van der Waals surface area contributed by atoms with Crippen LogP contribution in [0.2, 0.25) is 0 Å². The van der Waals surface area contributed by atoms with E-state index in [2.05, 4.69) is 53.9 Å². The molecule has 0 amide bonds. The summed E-state index contributed by atoms with van der Waals surface area (Å²) in [5, 5.41) is 24.2. The van der Waals surface area contributed by atoms with E-state index in [1.807, 2.05) is 18.2 Å². The van der Waals surface area contributed by atoms with E-state index in [1.165, 1.54) is 15.8 Å². The number of anilines is 1. The van der Waals surface area contributed by atoms with Crippen LogP contribution in [0, 0.1) is 6.92 Å². The van der Waals surface area contributed by atoms with Crippen LogP contribution in [-0.4, -0.2) is 35.5 Å². The van der Waals surface area contributed by atoms with E-state index in [-0.39, 0.29) is 6.04 Å². The van der Waals surface area contributed by atoms with Crippen LogP contribution in [-0.2, 0) is 13.0 Å². The SMILES string of the molecule is Cc1nnc(C2Cc3ccccc3CN2c2ccc3nnnn3n2)o1. The molecule has 0 aliphatic carbocycles.